The van der Waals surface area contributed by atoms with Crippen LogP contribution in [0.25, 0.3) is 0 Å². The van der Waals surface area contributed by atoms with Crippen LogP contribution < -0.4 is 27.8 Å². The summed E-state index contributed by atoms with van der Waals surface area (Å²) in [6.07, 6.45) is -0.231. The maximum atomic E-state index is 12.6. The molecule has 1 saturated heterocycles. The summed E-state index contributed by atoms with van der Waals surface area (Å²) in [6, 6.07) is -5.16. The van der Waals surface area contributed by atoms with Crippen molar-refractivity contribution in [3.8, 4) is 0 Å². The second kappa shape index (κ2) is 11.8. The number of hydrogen-bond donors (Lipinski definition) is 7. The molecule has 1 rings (SSSR count). The van der Waals surface area contributed by atoms with Crippen molar-refractivity contribution in [1.29, 1.82) is 0 Å². The Balaban J connectivity index is 2.78. The SMILES string of the molecule is NC(=O)CCC(NC(=O)C(CO)NC(=O)C1CCCN1C(=O)C(N)CC(N)=O)C(=O)O. The van der Waals surface area contributed by atoms with Crippen molar-refractivity contribution < 1.29 is 39.0 Å². The number of nitrogens with zero attached hydrogens (tertiary/aromatic N) is 1. The van der Waals surface area contributed by atoms with E-state index in [9.17, 15) is 33.9 Å². The molecule has 0 radical (unpaired) electrons. The van der Waals surface area contributed by atoms with E-state index in [0.717, 1.165) is 0 Å². The number of aliphatic hydroxyl groups is 1. The summed E-state index contributed by atoms with van der Waals surface area (Å²) in [5.74, 6) is -5.35. The Hall–Kier alpha value is -3.26. The lowest BCUT2D eigenvalue weighted by Crippen LogP contribution is -2.57. The Morgan fingerprint density at radius 1 is 1.03 bits per heavy atom. The first-order valence-corrected chi connectivity index (χ1v) is 9.55. The van der Waals surface area contributed by atoms with Crippen molar-refractivity contribution in [1.82, 2.24) is 15.5 Å². The summed E-state index contributed by atoms with van der Waals surface area (Å²) in [6.45, 7) is -0.644. The number of likely N-dealkylation sites (tertiary alicyclic amines) is 1. The molecule has 174 valence electrons. The van der Waals surface area contributed by atoms with Gasteiger partial charge in [-0.15, -0.1) is 0 Å². The molecule has 1 fully saturated rings. The third-order valence-corrected chi connectivity index (χ3v) is 4.69. The fraction of sp³-hybridized carbons (Fsp3) is 0.647. The van der Waals surface area contributed by atoms with Gasteiger partial charge in [0.05, 0.1) is 19.1 Å². The topological polar surface area (TPSA) is 248 Å². The molecule has 10 N–H and O–H groups in total. The molecular weight excluding hydrogens is 416 g/mol. The zero-order valence-corrected chi connectivity index (χ0v) is 16.8. The van der Waals surface area contributed by atoms with Crippen LogP contribution in [0.5, 0.6) is 0 Å². The number of primary amides is 2. The van der Waals surface area contributed by atoms with Crippen LogP contribution in [0.4, 0.5) is 0 Å². The Kier molecular flexibility index (Phi) is 9.82. The number of carboxylic acid groups (broad SMARTS) is 1. The smallest absolute Gasteiger partial charge is 0.326 e. The number of carboxylic acids is 1. The highest BCUT2D eigenvalue weighted by atomic mass is 16.4. The van der Waals surface area contributed by atoms with Gasteiger partial charge in [-0.25, -0.2) is 4.79 Å². The molecule has 31 heavy (non-hydrogen) atoms. The van der Waals surface area contributed by atoms with E-state index in [4.69, 9.17) is 22.3 Å². The number of hydrogen-bond acceptors (Lipinski definition) is 8. The van der Waals surface area contributed by atoms with Crippen LogP contribution in [0.3, 0.4) is 0 Å². The molecule has 5 amide bonds. The number of aliphatic hydroxyl groups excluding tert-OH is 1. The predicted octanol–water partition coefficient (Wildman–Crippen LogP) is -4.51. The summed E-state index contributed by atoms with van der Waals surface area (Å²) in [5, 5.41) is 23.0. The number of rotatable bonds is 12. The zero-order chi connectivity index (χ0) is 23.7. The number of carbonyl (C=O) groups is 6. The maximum Gasteiger partial charge on any atom is 0.326 e. The lowest BCUT2D eigenvalue weighted by Gasteiger charge is -2.28. The summed E-state index contributed by atoms with van der Waals surface area (Å²) in [4.78, 5) is 71.6. The molecule has 0 aromatic carbocycles. The Labute approximate surface area is 177 Å². The molecule has 4 atom stereocenters. The second-order valence-electron chi connectivity index (χ2n) is 7.11. The van der Waals surface area contributed by atoms with Crippen molar-refractivity contribution in [2.24, 2.45) is 17.2 Å². The summed E-state index contributed by atoms with van der Waals surface area (Å²) < 4.78 is 0. The minimum atomic E-state index is -1.50. The van der Waals surface area contributed by atoms with Gasteiger partial charge >= 0.3 is 5.97 Å². The molecule has 0 aromatic rings. The number of carbonyl (C=O) groups excluding carboxylic acids is 5. The van der Waals surface area contributed by atoms with Gasteiger partial charge in [0.1, 0.15) is 18.1 Å². The molecule has 14 heteroatoms. The molecule has 14 nitrogen and oxygen atoms in total. The normalized spacial score (nSPS) is 18.5. The van der Waals surface area contributed by atoms with E-state index >= 15 is 0 Å². The monoisotopic (exact) mass is 444 g/mol. The fourth-order valence-electron chi connectivity index (χ4n) is 3.10. The van der Waals surface area contributed by atoms with E-state index in [1.165, 1.54) is 4.90 Å². The van der Waals surface area contributed by atoms with Crippen molar-refractivity contribution >= 4 is 35.5 Å². The molecule has 0 saturated carbocycles. The molecule has 0 spiro atoms. The van der Waals surface area contributed by atoms with Gasteiger partial charge in [-0.1, -0.05) is 0 Å². The van der Waals surface area contributed by atoms with Crippen LogP contribution in [0, 0.1) is 0 Å². The van der Waals surface area contributed by atoms with Crippen LogP contribution in [0.1, 0.15) is 32.1 Å². The molecule has 0 aliphatic carbocycles. The highest BCUT2D eigenvalue weighted by Gasteiger charge is 2.38. The van der Waals surface area contributed by atoms with Crippen molar-refractivity contribution in [2.75, 3.05) is 13.2 Å². The highest BCUT2D eigenvalue weighted by Crippen LogP contribution is 2.19. The van der Waals surface area contributed by atoms with E-state index in [1.54, 1.807) is 0 Å². The van der Waals surface area contributed by atoms with E-state index in [-0.39, 0.29) is 25.8 Å². The van der Waals surface area contributed by atoms with Crippen molar-refractivity contribution in [3.63, 3.8) is 0 Å². The molecule has 4 unspecified atom stereocenters. The molecule has 0 aromatic heterocycles. The van der Waals surface area contributed by atoms with Gasteiger partial charge in [-0.05, 0) is 19.3 Å². The quantitative estimate of drug-likeness (QED) is 0.153. The molecular formula is C17H28N6O8. The van der Waals surface area contributed by atoms with Gasteiger partial charge in [0.2, 0.25) is 29.5 Å². The Morgan fingerprint density at radius 2 is 1.68 bits per heavy atom. The minimum absolute atomic E-state index is 0.202. The maximum absolute atomic E-state index is 12.6. The average molecular weight is 444 g/mol. The van der Waals surface area contributed by atoms with Crippen LogP contribution in [0.2, 0.25) is 0 Å². The number of aliphatic carboxylic acids is 1. The standard InChI is InChI=1S/C17H28N6O8/c18-8(6-13(20)26)16(29)23-5-1-2-11(23)15(28)22-10(7-24)14(27)21-9(17(30)31)3-4-12(19)25/h8-11,24H,1-7,18H2,(H2,19,25)(H2,20,26)(H,21,27)(H,22,28)(H,30,31). The fourth-order valence-corrected chi connectivity index (χ4v) is 3.10. The van der Waals surface area contributed by atoms with Gasteiger partial charge in [0.25, 0.3) is 0 Å². The first-order valence-electron chi connectivity index (χ1n) is 9.55. The zero-order valence-electron chi connectivity index (χ0n) is 16.8. The number of nitrogens with two attached hydrogens (primary N) is 3. The molecule has 1 aliphatic rings. The first kappa shape index (κ1) is 25.8. The van der Waals surface area contributed by atoms with Gasteiger partial charge in [-0.3, -0.25) is 24.0 Å². The van der Waals surface area contributed by atoms with E-state index in [1.807, 2.05) is 0 Å². The highest BCUT2D eigenvalue weighted by molar-refractivity contribution is 5.95. The van der Waals surface area contributed by atoms with E-state index in [2.05, 4.69) is 10.6 Å². The molecule has 0 bridgehead atoms. The van der Waals surface area contributed by atoms with E-state index < -0.39 is 72.7 Å². The van der Waals surface area contributed by atoms with Gasteiger partial charge in [0, 0.05) is 13.0 Å². The Morgan fingerprint density at radius 3 is 2.19 bits per heavy atom. The molecule has 1 heterocycles. The number of amides is 5. The average Bonchev–Trinajstić information content (AvgIpc) is 3.17. The van der Waals surface area contributed by atoms with Crippen LogP contribution >= 0.6 is 0 Å². The van der Waals surface area contributed by atoms with Gasteiger partial charge in [0.15, 0.2) is 0 Å². The first-order chi connectivity index (χ1) is 14.5. The van der Waals surface area contributed by atoms with Crippen LogP contribution in [0.15, 0.2) is 0 Å². The lowest BCUT2D eigenvalue weighted by molar-refractivity contribution is -0.143. The van der Waals surface area contributed by atoms with Gasteiger partial charge < -0.3 is 42.9 Å². The Bertz CT molecular complexity index is 729. The predicted molar refractivity (Wildman–Crippen MR) is 104 cm³/mol. The third-order valence-electron chi connectivity index (χ3n) is 4.69. The second-order valence-corrected chi connectivity index (χ2v) is 7.11. The number of nitrogens with one attached hydrogen (secondary N) is 2. The van der Waals surface area contributed by atoms with Crippen LogP contribution in [-0.4, -0.2) is 87.9 Å². The van der Waals surface area contributed by atoms with Gasteiger partial charge in [-0.2, -0.15) is 0 Å². The van der Waals surface area contributed by atoms with Crippen molar-refractivity contribution in [2.45, 2.75) is 56.3 Å². The lowest BCUT2D eigenvalue weighted by atomic mass is 10.1. The van der Waals surface area contributed by atoms with Crippen LogP contribution in [-0.2, 0) is 28.8 Å². The summed E-state index contributed by atoms with van der Waals surface area (Å²) >= 11 is 0. The molecule has 1 aliphatic heterocycles. The summed E-state index contributed by atoms with van der Waals surface area (Å²) in [7, 11) is 0. The minimum Gasteiger partial charge on any atom is -0.480 e. The van der Waals surface area contributed by atoms with E-state index in [0.29, 0.717) is 6.42 Å². The third kappa shape index (κ3) is 7.82. The largest absolute Gasteiger partial charge is 0.480 e. The summed E-state index contributed by atoms with van der Waals surface area (Å²) in [5.41, 5.74) is 15.7. The van der Waals surface area contributed by atoms with Crippen molar-refractivity contribution in [3.05, 3.63) is 0 Å².